The van der Waals surface area contributed by atoms with Gasteiger partial charge in [-0.2, -0.15) is 0 Å². The van der Waals surface area contributed by atoms with Gasteiger partial charge in [-0.1, -0.05) is 36.3 Å². The molecule has 0 aliphatic heterocycles. The van der Waals surface area contributed by atoms with Crippen molar-refractivity contribution in [3.63, 3.8) is 0 Å². The Hall–Kier alpha value is -1.82. The molecule has 5 nitrogen and oxygen atoms in total. The second-order valence-electron chi connectivity index (χ2n) is 6.64. The summed E-state index contributed by atoms with van der Waals surface area (Å²) in [5.41, 5.74) is 2.79. The molecule has 1 aliphatic carbocycles. The third-order valence-corrected chi connectivity index (χ3v) is 5.67. The maximum absolute atomic E-state index is 12.7. The molecule has 1 aromatic carbocycles. The molecule has 0 saturated heterocycles. The molecule has 0 heterocycles. The zero-order valence-corrected chi connectivity index (χ0v) is 16.1. The fraction of sp³-hybridized carbons (Fsp3) is 0.526. The van der Waals surface area contributed by atoms with Crippen molar-refractivity contribution in [2.45, 2.75) is 52.0 Å². The zero-order chi connectivity index (χ0) is 18.4. The normalized spacial score (nSPS) is 16.0. The van der Waals surface area contributed by atoms with Gasteiger partial charge in [0.25, 0.3) is 0 Å². The summed E-state index contributed by atoms with van der Waals surface area (Å²) in [6.45, 7) is 4.27. The summed E-state index contributed by atoms with van der Waals surface area (Å²) in [6, 6.07) is 6.45. The molecule has 0 bridgehead atoms. The van der Waals surface area contributed by atoms with Crippen molar-refractivity contribution in [1.82, 2.24) is 5.32 Å². The average Bonchev–Trinajstić information content (AvgIpc) is 2.58. The summed E-state index contributed by atoms with van der Waals surface area (Å²) in [7, 11) is -3.57. The van der Waals surface area contributed by atoms with Gasteiger partial charge in [0.15, 0.2) is 0 Å². The standard InChI is InChI=1S/C19H28N2O3S/c1-4-18(19(22)20-14-16-8-6-5-7-9-16)21(25(3,23)24)17-12-10-15(2)11-13-17/h8,10-13,18H,4-7,9,14H2,1-3H3,(H,20,22)/t18-/m1/s1. The summed E-state index contributed by atoms with van der Waals surface area (Å²) in [6.07, 6.45) is 8.14. The highest BCUT2D eigenvalue weighted by Crippen LogP contribution is 2.23. The van der Waals surface area contributed by atoms with Crippen molar-refractivity contribution in [2.24, 2.45) is 0 Å². The monoisotopic (exact) mass is 364 g/mol. The number of rotatable bonds is 7. The van der Waals surface area contributed by atoms with Crippen molar-refractivity contribution < 1.29 is 13.2 Å². The fourth-order valence-corrected chi connectivity index (χ4v) is 4.35. The van der Waals surface area contributed by atoms with Crippen LogP contribution in [0.4, 0.5) is 5.69 Å². The number of carbonyl (C=O) groups excluding carboxylic acids is 1. The van der Waals surface area contributed by atoms with E-state index in [1.807, 2.05) is 26.0 Å². The van der Waals surface area contributed by atoms with Gasteiger partial charge in [0.2, 0.25) is 15.9 Å². The number of allylic oxidation sites excluding steroid dienone is 1. The van der Waals surface area contributed by atoms with E-state index < -0.39 is 16.1 Å². The van der Waals surface area contributed by atoms with Gasteiger partial charge in [-0.15, -0.1) is 0 Å². The quantitative estimate of drug-likeness (QED) is 0.756. The van der Waals surface area contributed by atoms with Gasteiger partial charge < -0.3 is 5.32 Å². The van der Waals surface area contributed by atoms with Crippen LogP contribution in [-0.2, 0) is 14.8 Å². The van der Waals surface area contributed by atoms with E-state index in [1.54, 1.807) is 12.1 Å². The Morgan fingerprint density at radius 3 is 2.44 bits per heavy atom. The molecule has 1 atom stereocenters. The molecule has 1 amide bonds. The minimum absolute atomic E-state index is 0.250. The number of sulfonamides is 1. The van der Waals surface area contributed by atoms with Crippen LogP contribution < -0.4 is 9.62 Å². The molecule has 1 aliphatic rings. The Morgan fingerprint density at radius 2 is 1.92 bits per heavy atom. The van der Waals surface area contributed by atoms with Crippen LogP contribution in [0.3, 0.4) is 0 Å². The van der Waals surface area contributed by atoms with Crippen molar-refractivity contribution in [1.29, 1.82) is 0 Å². The van der Waals surface area contributed by atoms with Crippen molar-refractivity contribution >= 4 is 21.6 Å². The molecule has 2 rings (SSSR count). The van der Waals surface area contributed by atoms with Crippen LogP contribution >= 0.6 is 0 Å². The highest BCUT2D eigenvalue weighted by atomic mass is 32.2. The Kier molecular flexibility index (Phi) is 6.64. The third-order valence-electron chi connectivity index (χ3n) is 4.49. The van der Waals surface area contributed by atoms with E-state index >= 15 is 0 Å². The fourth-order valence-electron chi connectivity index (χ4n) is 3.14. The van der Waals surface area contributed by atoms with Crippen molar-refractivity contribution in [2.75, 3.05) is 17.1 Å². The third kappa shape index (κ3) is 5.33. The maximum atomic E-state index is 12.7. The Labute approximate surface area is 151 Å². The first-order valence-corrected chi connectivity index (χ1v) is 10.7. The van der Waals surface area contributed by atoms with Crippen LogP contribution in [0.15, 0.2) is 35.9 Å². The molecule has 0 fully saturated rings. The van der Waals surface area contributed by atoms with Gasteiger partial charge in [-0.25, -0.2) is 8.42 Å². The maximum Gasteiger partial charge on any atom is 0.244 e. The largest absolute Gasteiger partial charge is 0.351 e. The van der Waals surface area contributed by atoms with Crippen molar-refractivity contribution in [3.05, 3.63) is 41.5 Å². The van der Waals surface area contributed by atoms with Gasteiger partial charge in [0.05, 0.1) is 11.9 Å². The van der Waals surface area contributed by atoms with Crippen LogP contribution in [0.2, 0.25) is 0 Å². The minimum atomic E-state index is -3.57. The molecule has 1 N–H and O–H groups in total. The van der Waals surface area contributed by atoms with Crippen LogP contribution in [0.5, 0.6) is 0 Å². The molecule has 0 radical (unpaired) electrons. The minimum Gasteiger partial charge on any atom is -0.351 e. The summed E-state index contributed by atoms with van der Waals surface area (Å²) in [4.78, 5) is 12.7. The van der Waals surface area contributed by atoms with Crippen LogP contribution in [0.1, 0.15) is 44.6 Å². The molecular formula is C19H28N2O3S. The van der Waals surface area contributed by atoms with Gasteiger partial charge in [-0.3, -0.25) is 9.10 Å². The first kappa shape index (κ1) is 19.5. The molecule has 0 saturated carbocycles. The second-order valence-corrected chi connectivity index (χ2v) is 8.50. The van der Waals surface area contributed by atoms with E-state index in [9.17, 15) is 13.2 Å². The molecule has 138 valence electrons. The number of amides is 1. The van der Waals surface area contributed by atoms with E-state index in [2.05, 4.69) is 11.4 Å². The molecule has 0 aromatic heterocycles. The number of carbonyl (C=O) groups is 1. The number of hydrogen-bond acceptors (Lipinski definition) is 3. The molecule has 1 aromatic rings. The van der Waals surface area contributed by atoms with Gasteiger partial charge in [0, 0.05) is 6.54 Å². The highest BCUT2D eigenvalue weighted by molar-refractivity contribution is 7.92. The predicted octanol–water partition coefficient (Wildman–Crippen LogP) is 3.16. The van der Waals surface area contributed by atoms with Crippen LogP contribution in [0.25, 0.3) is 0 Å². The van der Waals surface area contributed by atoms with E-state index in [4.69, 9.17) is 0 Å². The SMILES string of the molecule is CC[C@H](C(=O)NCC1=CCCCC1)N(c1ccc(C)cc1)S(C)(=O)=O. The molecule has 6 heteroatoms. The zero-order valence-electron chi connectivity index (χ0n) is 15.3. The second kappa shape index (κ2) is 8.52. The average molecular weight is 365 g/mol. The molecular weight excluding hydrogens is 336 g/mol. The Bertz CT molecular complexity index is 724. The van der Waals surface area contributed by atoms with E-state index in [0.29, 0.717) is 18.7 Å². The summed E-state index contributed by atoms with van der Waals surface area (Å²) in [5, 5.41) is 2.92. The van der Waals surface area contributed by atoms with Gasteiger partial charge in [-0.05, 0) is 51.2 Å². The van der Waals surface area contributed by atoms with Gasteiger partial charge in [0.1, 0.15) is 6.04 Å². The number of nitrogens with one attached hydrogen (secondary N) is 1. The van der Waals surface area contributed by atoms with Crippen LogP contribution in [-0.4, -0.2) is 33.2 Å². The van der Waals surface area contributed by atoms with Crippen molar-refractivity contribution in [3.8, 4) is 0 Å². The first-order valence-electron chi connectivity index (χ1n) is 8.84. The summed E-state index contributed by atoms with van der Waals surface area (Å²) in [5.74, 6) is -0.250. The number of aryl methyl sites for hydroxylation is 1. The Morgan fingerprint density at radius 1 is 1.24 bits per heavy atom. The predicted molar refractivity (Wildman–Crippen MR) is 102 cm³/mol. The lowest BCUT2D eigenvalue weighted by molar-refractivity contribution is -0.122. The summed E-state index contributed by atoms with van der Waals surface area (Å²) < 4.78 is 26.0. The molecule has 0 spiro atoms. The van der Waals surface area contributed by atoms with E-state index in [0.717, 1.165) is 31.1 Å². The lowest BCUT2D eigenvalue weighted by atomic mass is 9.99. The number of benzene rings is 1. The highest BCUT2D eigenvalue weighted by Gasteiger charge is 2.31. The first-order chi connectivity index (χ1) is 11.8. The van der Waals surface area contributed by atoms with Gasteiger partial charge >= 0.3 is 0 Å². The summed E-state index contributed by atoms with van der Waals surface area (Å²) >= 11 is 0. The van der Waals surface area contributed by atoms with E-state index in [-0.39, 0.29) is 5.91 Å². The van der Waals surface area contributed by atoms with Crippen LogP contribution in [0, 0.1) is 6.92 Å². The topological polar surface area (TPSA) is 66.5 Å². The lowest BCUT2D eigenvalue weighted by Gasteiger charge is -2.30. The Balaban J connectivity index is 2.19. The number of hydrogen-bond donors (Lipinski definition) is 1. The smallest absolute Gasteiger partial charge is 0.244 e. The lowest BCUT2D eigenvalue weighted by Crippen LogP contribution is -2.49. The number of anilines is 1. The van der Waals surface area contributed by atoms with E-state index in [1.165, 1.54) is 16.3 Å². The molecule has 25 heavy (non-hydrogen) atoms. The molecule has 0 unspecified atom stereocenters. The number of nitrogens with zero attached hydrogens (tertiary/aromatic N) is 1.